The first kappa shape index (κ1) is 16.9. The molecule has 1 atom stereocenters. The number of carbonyl (C=O) groups excluding carboxylic acids is 2. The molecule has 0 spiro atoms. The first-order valence-corrected chi connectivity index (χ1v) is 9.29. The molecule has 2 aliphatic heterocycles. The third-order valence-electron chi connectivity index (χ3n) is 4.38. The highest BCUT2D eigenvalue weighted by Gasteiger charge is 2.34. The van der Waals surface area contributed by atoms with Gasteiger partial charge in [0.05, 0.1) is 23.2 Å². The van der Waals surface area contributed by atoms with E-state index in [2.05, 4.69) is 10.0 Å². The van der Waals surface area contributed by atoms with E-state index in [4.69, 9.17) is 0 Å². The van der Waals surface area contributed by atoms with Gasteiger partial charge in [-0.25, -0.2) is 13.1 Å². The monoisotopic (exact) mass is 352 g/mol. The van der Waals surface area contributed by atoms with Crippen LogP contribution in [0.25, 0.3) is 0 Å². The van der Waals surface area contributed by atoms with Crippen molar-refractivity contribution in [3.8, 4) is 0 Å². The summed E-state index contributed by atoms with van der Waals surface area (Å²) in [7, 11) is -1.93. The molecule has 1 aromatic rings. The number of para-hydroxylation sites is 2. The van der Waals surface area contributed by atoms with E-state index in [1.54, 1.807) is 18.2 Å². The minimum absolute atomic E-state index is 0.0259. The number of hydrogen-bond donors (Lipinski definition) is 2. The van der Waals surface area contributed by atoms with Crippen molar-refractivity contribution < 1.29 is 18.0 Å². The number of nitrogens with zero attached hydrogens (tertiary/aromatic N) is 2. The summed E-state index contributed by atoms with van der Waals surface area (Å²) < 4.78 is 26.0. The van der Waals surface area contributed by atoms with Crippen LogP contribution in [-0.4, -0.2) is 63.6 Å². The second kappa shape index (κ2) is 6.50. The fraction of sp³-hybridized carbons (Fsp3) is 0.467. The highest BCUT2D eigenvalue weighted by molar-refractivity contribution is 7.90. The summed E-state index contributed by atoms with van der Waals surface area (Å²) in [4.78, 5) is 27.7. The molecule has 0 saturated carbocycles. The number of amides is 2. The minimum atomic E-state index is -3.33. The van der Waals surface area contributed by atoms with Gasteiger partial charge in [-0.2, -0.15) is 0 Å². The van der Waals surface area contributed by atoms with Crippen molar-refractivity contribution >= 4 is 33.2 Å². The third kappa shape index (κ3) is 3.28. The maximum atomic E-state index is 12.6. The molecule has 0 bridgehead atoms. The van der Waals surface area contributed by atoms with Crippen molar-refractivity contribution in [1.82, 2.24) is 9.62 Å². The van der Waals surface area contributed by atoms with Gasteiger partial charge in [0.1, 0.15) is 6.54 Å². The molecule has 1 saturated heterocycles. The molecule has 130 valence electrons. The Morgan fingerprint density at radius 1 is 1.38 bits per heavy atom. The van der Waals surface area contributed by atoms with E-state index in [0.29, 0.717) is 30.9 Å². The number of rotatable bonds is 4. The molecular weight excluding hydrogens is 332 g/mol. The van der Waals surface area contributed by atoms with Crippen LogP contribution in [0, 0.1) is 0 Å². The molecule has 1 fully saturated rings. The lowest BCUT2D eigenvalue weighted by Crippen LogP contribution is -2.46. The highest BCUT2D eigenvalue weighted by Crippen LogP contribution is 2.29. The van der Waals surface area contributed by atoms with E-state index < -0.39 is 15.3 Å². The summed E-state index contributed by atoms with van der Waals surface area (Å²) in [5.74, 6) is -0.445. The fourth-order valence-electron chi connectivity index (χ4n) is 3.09. The first-order valence-electron chi connectivity index (χ1n) is 7.74. The molecule has 3 rings (SSSR count). The molecule has 8 nitrogen and oxygen atoms in total. The van der Waals surface area contributed by atoms with E-state index in [0.717, 1.165) is 0 Å². The van der Waals surface area contributed by atoms with E-state index in [9.17, 15) is 18.0 Å². The number of sulfonamides is 1. The first-order chi connectivity index (χ1) is 11.4. The summed E-state index contributed by atoms with van der Waals surface area (Å²) in [5.41, 5.74) is 1.28. The number of hydrogen-bond acceptors (Lipinski definition) is 5. The molecule has 24 heavy (non-hydrogen) atoms. The number of anilines is 2. The highest BCUT2D eigenvalue weighted by atomic mass is 32.2. The fourth-order valence-corrected chi connectivity index (χ4v) is 4.25. The van der Waals surface area contributed by atoms with Gasteiger partial charge in [0.15, 0.2) is 0 Å². The lowest BCUT2D eigenvalue weighted by Gasteiger charge is -2.30. The second-order valence-corrected chi connectivity index (χ2v) is 8.11. The Hall–Kier alpha value is -1.97. The standard InChI is InChI=1S/C15H20N4O4S/c1-16-24(22,23)11-6-7-18(8-11)10-15(21)19-9-14(20)17-12-4-2-3-5-13(12)19/h2-5,11,16H,6-10H2,1H3,(H,17,20). The van der Waals surface area contributed by atoms with Crippen molar-refractivity contribution in [3.05, 3.63) is 24.3 Å². The van der Waals surface area contributed by atoms with E-state index in [-0.39, 0.29) is 24.9 Å². The number of benzene rings is 1. The summed E-state index contributed by atoms with van der Waals surface area (Å²) >= 11 is 0. The predicted molar refractivity (Wildman–Crippen MR) is 90.2 cm³/mol. The zero-order valence-corrected chi connectivity index (χ0v) is 14.2. The van der Waals surface area contributed by atoms with Crippen molar-refractivity contribution in [3.63, 3.8) is 0 Å². The summed E-state index contributed by atoms with van der Waals surface area (Å²) in [6, 6.07) is 7.13. The van der Waals surface area contributed by atoms with Crippen LogP contribution in [0.2, 0.25) is 0 Å². The van der Waals surface area contributed by atoms with E-state index >= 15 is 0 Å². The second-order valence-electron chi connectivity index (χ2n) is 5.94. The molecule has 1 aromatic carbocycles. The Morgan fingerprint density at radius 3 is 2.88 bits per heavy atom. The van der Waals surface area contributed by atoms with Gasteiger partial charge in [0.25, 0.3) is 0 Å². The molecule has 2 heterocycles. The van der Waals surface area contributed by atoms with Crippen molar-refractivity contribution in [2.75, 3.05) is 43.4 Å². The lowest BCUT2D eigenvalue weighted by atomic mass is 10.2. The van der Waals surface area contributed by atoms with Gasteiger partial charge in [-0.3, -0.25) is 19.4 Å². The Bertz CT molecular complexity index is 764. The van der Waals surface area contributed by atoms with Gasteiger partial charge < -0.3 is 5.32 Å². The van der Waals surface area contributed by atoms with Crippen LogP contribution in [0.3, 0.4) is 0 Å². The molecule has 9 heteroatoms. The van der Waals surface area contributed by atoms with Crippen molar-refractivity contribution in [2.24, 2.45) is 0 Å². The molecule has 2 N–H and O–H groups in total. The maximum Gasteiger partial charge on any atom is 0.244 e. The SMILES string of the molecule is CNS(=O)(=O)C1CCN(CC(=O)N2CC(=O)Nc3ccccc32)C1. The van der Waals surface area contributed by atoms with Gasteiger partial charge >= 0.3 is 0 Å². The largest absolute Gasteiger partial charge is 0.323 e. The topological polar surface area (TPSA) is 98.8 Å². The van der Waals surface area contributed by atoms with Gasteiger partial charge in [-0.15, -0.1) is 0 Å². The molecule has 0 aromatic heterocycles. The summed E-state index contributed by atoms with van der Waals surface area (Å²) in [5, 5.41) is 2.23. The van der Waals surface area contributed by atoms with Crippen LogP contribution in [0.5, 0.6) is 0 Å². The normalized spacial score (nSPS) is 21.5. The Kier molecular flexibility index (Phi) is 4.57. The van der Waals surface area contributed by atoms with Gasteiger partial charge in [-0.05, 0) is 25.6 Å². The molecular formula is C15H20N4O4S. The summed E-state index contributed by atoms with van der Waals surface area (Å²) in [6.45, 7) is 0.925. The van der Waals surface area contributed by atoms with Crippen molar-refractivity contribution in [2.45, 2.75) is 11.7 Å². The van der Waals surface area contributed by atoms with Gasteiger partial charge in [0.2, 0.25) is 21.8 Å². The van der Waals surface area contributed by atoms with Crippen LogP contribution < -0.4 is 14.9 Å². The zero-order chi connectivity index (χ0) is 17.3. The Labute approximate surface area is 140 Å². The van der Waals surface area contributed by atoms with Gasteiger partial charge in [-0.1, -0.05) is 12.1 Å². The molecule has 0 aliphatic carbocycles. The molecule has 0 radical (unpaired) electrons. The Balaban J connectivity index is 1.69. The van der Waals surface area contributed by atoms with Crippen LogP contribution in [0.15, 0.2) is 24.3 Å². The summed E-state index contributed by atoms with van der Waals surface area (Å²) in [6.07, 6.45) is 0.494. The molecule has 1 unspecified atom stereocenters. The minimum Gasteiger partial charge on any atom is -0.323 e. The van der Waals surface area contributed by atoms with Crippen LogP contribution in [0.1, 0.15) is 6.42 Å². The predicted octanol–water partition coefficient (Wildman–Crippen LogP) is -0.405. The smallest absolute Gasteiger partial charge is 0.244 e. The average Bonchev–Trinajstić information content (AvgIpc) is 3.03. The Morgan fingerprint density at radius 2 is 2.12 bits per heavy atom. The van der Waals surface area contributed by atoms with Gasteiger partial charge in [0, 0.05) is 13.1 Å². The van der Waals surface area contributed by atoms with Crippen molar-refractivity contribution in [1.29, 1.82) is 0 Å². The lowest BCUT2D eigenvalue weighted by molar-refractivity contribution is -0.122. The zero-order valence-electron chi connectivity index (χ0n) is 13.4. The number of likely N-dealkylation sites (tertiary alicyclic amines) is 1. The third-order valence-corrected chi connectivity index (χ3v) is 6.21. The maximum absolute atomic E-state index is 12.6. The number of carbonyl (C=O) groups is 2. The van der Waals surface area contributed by atoms with Crippen LogP contribution in [0.4, 0.5) is 11.4 Å². The number of nitrogens with one attached hydrogen (secondary N) is 2. The van der Waals surface area contributed by atoms with Crippen LogP contribution >= 0.6 is 0 Å². The quantitative estimate of drug-likeness (QED) is 0.768. The van der Waals surface area contributed by atoms with E-state index in [1.807, 2.05) is 11.0 Å². The van der Waals surface area contributed by atoms with E-state index in [1.165, 1.54) is 11.9 Å². The van der Waals surface area contributed by atoms with Crippen LogP contribution in [-0.2, 0) is 19.6 Å². The molecule has 2 amide bonds. The average molecular weight is 352 g/mol. The number of fused-ring (bicyclic) bond motifs is 1. The molecule has 2 aliphatic rings.